The number of carbonyl (C=O) groups is 5. The number of carboxylic acid groups (broad SMARTS) is 1. The van der Waals surface area contributed by atoms with Gasteiger partial charge in [-0.2, -0.15) is 0 Å². The maximum atomic E-state index is 13.5. The summed E-state index contributed by atoms with van der Waals surface area (Å²) in [5.74, 6) is -4.39. The summed E-state index contributed by atoms with van der Waals surface area (Å²) in [6, 6.07) is -5.45. The lowest BCUT2D eigenvalue weighted by atomic mass is 10.0. The third kappa shape index (κ3) is 17.1. The molecule has 5 unspecified atom stereocenters. The van der Waals surface area contributed by atoms with Gasteiger partial charge in [0.2, 0.25) is 23.6 Å². The van der Waals surface area contributed by atoms with E-state index in [0.29, 0.717) is 19.4 Å². The highest BCUT2D eigenvalue weighted by Crippen LogP contribution is 2.08. The van der Waals surface area contributed by atoms with Gasteiger partial charge in [-0.3, -0.25) is 34.0 Å². The lowest BCUT2D eigenvalue weighted by molar-refractivity contribution is -0.141. The van der Waals surface area contributed by atoms with Crippen LogP contribution >= 0.6 is 0 Å². The minimum absolute atomic E-state index is 0.0558. The fourth-order valence-electron chi connectivity index (χ4n) is 3.80. The summed E-state index contributed by atoms with van der Waals surface area (Å²) in [4.78, 5) is 71.5. The zero-order valence-corrected chi connectivity index (χ0v) is 25.9. The number of aliphatic imine (C=N–C) groups is 2. The van der Waals surface area contributed by atoms with Crippen molar-refractivity contribution in [3.8, 4) is 0 Å². The number of carboxylic acids is 1. The van der Waals surface area contributed by atoms with E-state index < -0.39 is 59.8 Å². The van der Waals surface area contributed by atoms with Crippen LogP contribution in [0.3, 0.4) is 0 Å². The standard InChI is InChI=1S/C26H52N12O6/c1-14(2)19(28)23(42)38-16(8-4-5-11-27)21(40)37-18(10-7-13-34-26(31)32)22(41)36-17(9-6-12-33-25(29)30)20(39)35-15(3)24(43)44/h14-19H,4-13,27-28H2,1-3H3,(H,35,39)(H,36,41)(H,37,40)(H,38,42)(H,43,44)(H4,29,30,33)(H4,31,32,34). The SMILES string of the molecule is CC(NC(=O)C(CCCN=C(N)N)NC(=O)C(CCCN=C(N)N)NC(=O)C(CCCCN)NC(=O)C(N)C(C)C)C(=O)O. The molecule has 0 aromatic carbocycles. The van der Waals surface area contributed by atoms with Crippen LogP contribution in [0.25, 0.3) is 0 Å². The van der Waals surface area contributed by atoms with Crippen LogP contribution in [0.2, 0.25) is 0 Å². The molecule has 4 amide bonds. The average Bonchev–Trinajstić information content (AvgIpc) is 2.94. The quantitative estimate of drug-likeness (QED) is 0.0313. The minimum atomic E-state index is -1.27. The topological polar surface area (TPSA) is 335 Å². The van der Waals surface area contributed by atoms with Crippen LogP contribution in [0.15, 0.2) is 9.98 Å². The number of amides is 4. The van der Waals surface area contributed by atoms with Crippen molar-refractivity contribution in [3.63, 3.8) is 0 Å². The number of carbonyl (C=O) groups excluding carboxylic acids is 4. The Bertz CT molecular complexity index is 998. The molecule has 0 saturated heterocycles. The van der Waals surface area contributed by atoms with E-state index in [4.69, 9.17) is 34.4 Å². The average molecular weight is 629 g/mol. The fourth-order valence-corrected chi connectivity index (χ4v) is 3.80. The molecule has 252 valence electrons. The Balaban J connectivity index is 6.03. The molecule has 0 spiro atoms. The van der Waals surface area contributed by atoms with E-state index in [1.807, 2.05) is 0 Å². The Morgan fingerprint density at radius 1 is 0.636 bits per heavy atom. The Kier molecular flexibility index (Phi) is 19.4. The Morgan fingerprint density at radius 2 is 1.02 bits per heavy atom. The van der Waals surface area contributed by atoms with Crippen molar-refractivity contribution in [3.05, 3.63) is 0 Å². The van der Waals surface area contributed by atoms with Gasteiger partial charge >= 0.3 is 5.97 Å². The molecule has 0 aliphatic heterocycles. The van der Waals surface area contributed by atoms with Gasteiger partial charge in [-0.05, 0) is 64.3 Å². The van der Waals surface area contributed by atoms with Crippen LogP contribution < -0.4 is 55.7 Å². The summed E-state index contributed by atoms with van der Waals surface area (Å²) in [5.41, 5.74) is 33.0. The van der Waals surface area contributed by atoms with Crippen LogP contribution in [-0.2, 0) is 24.0 Å². The van der Waals surface area contributed by atoms with Gasteiger partial charge in [0.1, 0.15) is 24.2 Å². The molecular weight excluding hydrogens is 576 g/mol. The molecule has 0 aromatic rings. The second-order valence-electron chi connectivity index (χ2n) is 10.7. The first-order chi connectivity index (χ1) is 20.6. The van der Waals surface area contributed by atoms with Gasteiger partial charge in [0.25, 0.3) is 0 Å². The van der Waals surface area contributed by atoms with Crippen LogP contribution in [-0.4, -0.2) is 96.5 Å². The Morgan fingerprint density at radius 3 is 1.39 bits per heavy atom. The van der Waals surface area contributed by atoms with Gasteiger partial charge < -0.3 is 60.8 Å². The molecule has 0 bridgehead atoms. The summed E-state index contributed by atoms with van der Waals surface area (Å²) < 4.78 is 0. The van der Waals surface area contributed by atoms with Crippen molar-refractivity contribution in [1.29, 1.82) is 0 Å². The lowest BCUT2D eigenvalue weighted by Gasteiger charge is -2.26. The van der Waals surface area contributed by atoms with Crippen molar-refractivity contribution in [2.45, 2.75) is 95.9 Å². The second kappa shape index (κ2) is 21.5. The number of unbranched alkanes of at least 4 members (excludes halogenated alkanes) is 1. The predicted octanol–water partition coefficient (Wildman–Crippen LogP) is -3.75. The molecule has 18 nitrogen and oxygen atoms in total. The molecular formula is C26H52N12O6. The van der Waals surface area contributed by atoms with Crippen molar-refractivity contribution in [2.24, 2.45) is 50.3 Å². The zero-order chi connectivity index (χ0) is 33.8. The maximum Gasteiger partial charge on any atom is 0.325 e. The van der Waals surface area contributed by atoms with Gasteiger partial charge in [0.15, 0.2) is 11.9 Å². The molecule has 44 heavy (non-hydrogen) atoms. The highest BCUT2D eigenvalue weighted by molar-refractivity contribution is 5.95. The van der Waals surface area contributed by atoms with Gasteiger partial charge in [0.05, 0.1) is 6.04 Å². The number of aliphatic carboxylic acids is 1. The number of nitrogens with one attached hydrogen (secondary N) is 4. The van der Waals surface area contributed by atoms with Gasteiger partial charge in [0, 0.05) is 13.1 Å². The normalized spacial score (nSPS) is 14.2. The van der Waals surface area contributed by atoms with Crippen LogP contribution in [0.5, 0.6) is 0 Å². The Hall–Kier alpha value is -4.19. The van der Waals surface area contributed by atoms with Crippen molar-refractivity contribution in [2.75, 3.05) is 19.6 Å². The number of rotatable bonds is 22. The fraction of sp³-hybridized carbons (Fsp3) is 0.731. The van der Waals surface area contributed by atoms with Crippen LogP contribution in [0.1, 0.15) is 65.7 Å². The summed E-state index contributed by atoms with van der Waals surface area (Å²) in [6.45, 7) is 5.50. The molecule has 0 rings (SSSR count). The molecule has 5 atom stereocenters. The number of nitrogens with two attached hydrogens (primary N) is 6. The predicted molar refractivity (Wildman–Crippen MR) is 167 cm³/mol. The third-order valence-electron chi connectivity index (χ3n) is 6.49. The molecule has 0 radical (unpaired) electrons. The smallest absolute Gasteiger partial charge is 0.325 e. The van der Waals surface area contributed by atoms with E-state index >= 15 is 0 Å². The summed E-state index contributed by atoms with van der Waals surface area (Å²) in [5, 5.41) is 19.4. The van der Waals surface area contributed by atoms with E-state index in [1.165, 1.54) is 6.92 Å². The number of hydrogen-bond donors (Lipinski definition) is 11. The highest BCUT2D eigenvalue weighted by Gasteiger charge is 2.31. The highest BCUT2D eigenvalue weighted by atomic mass is 16.4. The molecule has 18 heteroatoms. The molecule has 0 aliphatic rings. The van der Waals surface area contributed by atoms with Gasteiger partial charge in [-0.25, -0.2) is 0 Å². The number of guanidine groups is 2. The third-order valence-corrected chi connectivity index (χ3v) is 6.49. The van der Waals surface area contributed by atoms with E-state index in [0.717, 1.165) is 0 Å². The van der Waals surface area contributed by atoms with Crippen molar-refractivity contribution >= 4 is 41.5 Å². The van der Waals surface area contributed by atoms with E-state index in [9.17, 15) is 29.1 Å². The summed E-state index contributed by atoms with van der Waals surface area (Å²) in [6.07, 6.45) is 2.03. The molecule has 0 heterocycles. The minimum Gasteiger partial charge on any atom is -0.480 e. The first-order valence-electron chi connectivity index (χ1n) is 14.6. The van der Waals surface area contributed by atoms with Crippen LogP contribution in [0.4, 0.5) is 0 Å². The monoisotopic (exact) mass is 628 g/mol. The first-order valence-corrected chi connectivity index (χ1v) is 14.6. The largest absolute Gasteiger partial charge is 0.480 e. The van der Waals surface area contributed by atoms with Gasteiger partial charge in [-0.1, -0.05) is 13.8 Å². The van der Waals surface area contributed by atoms with Crippen molar-refractivity contribution in [1.82, 2.24) is 21.3 Å². The summed E-state index contributed by atoms with van der Waals surface area (Å²) in [7, 11) is 0. The van der Waals surface area contributed by atoms with Crippen LogP contribution in [0, 0.1) is 5.92 Å². The molecule has 0 aromatic heterocycles. The zero-order valence-electron chi connectivity index (χ0n) is 25.9. The first kappa shape index (κ1) is 39.8. The second-order valence-corrected chi connectivity index (χ2v) is 10.7. The summed E-state index contributed by atoms with van der Waals surface area (Å²) >= 11 is 0. The number of hydrogen-bond acceptors (Lipinski definition) is 9. The van der Waals surface area contributed by atoms with E-state index in [-0.39, 0.29) is 63.0 Å². The maximum absolute atomic E-state index is 13.5. The van der Waals surface area contributed by atoms with E-state index in [1.54, 1.807) is 13.8 Å². The molecule has 0 aliphatic carbocycles. The van der Waals surface area contributed by atoms with Crippen molar-refractivity contribution < 1.29 is 29.1 Å². The Labute approximate surface area is 257 Å². The molecule has 0 saturated carbocycles. The van der Waals surface area contributed by atoms with E-state index in [2.05, 4.69) is 31.3 Å². The number of nitrogens with zero attached hydrogens (tertiary/aromatic N) is 2. The molecule has 0 fully saturated rings. The molecule has 17 N–H and O–H groups in total. The lowest BCUT2D eigenvalue weighted by Crippen LogP contribution is -2.58. The van der Waals surface area contributed by atoms with Gasteiger partial charge in [-0.15, -0.1) is 0 Å².